The summed E-state index contributed by atoms with van der Waals surface area (Å²) >= 11 is 6.27. The van der Waals surface area contributed by atoms with Gasteiger partial charge in [-0.25, -0.2) is 8.42 Å². The number of aryl methyl sites for hydroxylation is 2. The number of ether oxygens (including phenoxy) is 1. The van der Waals surface area contributed by atoms with Gasteiger partial charge >= 0.3 is 0 Å². The SMILES string of the molecule is Cc1ccc(S(=O)(=O)N(CC(=O)NCCOc2ccc3ccccc3c2)c2ccc(C)c(Cl)c2)cc1. The van der Waals surface area contributed by atoms with Crippen molar-refractivity contribution in [2.75, 3.05) is 24.0 Å². The van der Waals surface area contributed by atoms with Crippen LogP contribution in [-0.4, -0.2) is 34.0 Å². The van der Waals surface area contributed by atoms with Gasteiger partial charge in [-0.2, -0.15) is 0 Å². The lowest BCUT2D eigenvalue weighted by atomic mass is 10.1. The van der Waals surface area contributed by atoms with Crippen LogP contribution in [0.1, 0.15) is 11.1 Å². The van der Waals surface area contributed by atoms with Gasteiger partial charge in [0.05, 0.1) is 17.1 Å². The Balaban J connectivity index is 1.44. The van der Waals surface area contributed by atoms with Crippen LogP contribution in [0.4, 0.5) is 5.69 Å². The molecule has 0 aliphatic heterocycles. The van der Waals surface area contributed by atoms with Crippen molar-refractivity contribution in [2.24, 2.45) is 0 Å². The Morgan fingerprint density at radius 3 is 2.36 bits per heavy atom. The molecule has 0 radical (unpaired) electrons. The zero-order chi connectivity index (χ0) is 25.7. The number of fused-ring (bicyclic) bond motifs is 1. The first-order chi connectivity index (χ1) is 17.2. The molecule has 1 amide bonds. The molecule has 0 aromatic heterocycles. The van der Waals surface area contributed by atoms with Crippen LogP contribution in [0.5, 0.6) is 5.75 Å². The Morgan fingerprint density at radius 2 is 1.64 bits per heavy atom. The van der Waals surface area contributed by atoms with Gasteiger partial charge in [0, 0.05) is 5.02 Å². The van der Waals surface area contributed by atoms with Gasteiger partial charge in [0.1, 0.15) is 18.9 Å². The van der Waals surface area contributed by atoms with Crippen LogP contribution in [0.25, 0.3) is 10.8 Å². The molecule has 0 fully saturated rings. The van der Waals surface area contributed by atoms with E-state index in [1.807, 2.05) is 56.3 Å². The van der Waals surface area contributed by atoms with Crippen molar-refractivity contribution in [1.82, 2.24) is 5.32 Å². The molecule has 1 N–H and O–H groups in total. The first-order valence-electron chi connectivity index (χ1n) is 11.5. The van der Waals surface area contributed by atoms with Crippen molar-refractivity contribution in [1.29, 1.82) is 0 Å². The van der Waals surface area contributed by atoms with Crippen LogP contribution in [-0.2, 0) is 14.8 Å². The average Bonchev–Trinajstić information content (AvgIpc) is 2.87. The summed E-state index contributed by atoms with van der Waals surface area (Å²) in [7, 11) is -4.01. The van der Waals surface area contributed by atoms with E-state index in [1.54, 1.807) is 30.3 Å². The van der Waals surface area contributed by atoms with Crippen molar-refractivity contribution in [3.8, 4) is 5.75 Å². The van der Waals surface area contributed by atoms with Gasteiger partial charge in [-0.3, -0.25) is 9.10 Å². The fraction of sp³-hybridized carbons (Fsp3) is 0.179. The van der Waals surface area contributed by atoms with Crippen LogP contribution in [0.2, 0.25) is 5.02 Å². The molecule has 0 bridgehead atoms. The second-order valence-electron chi connectivity index (χ2n) is 8.47. The van der Waals surface area contributed by atoms with E-state index in [9.17, 15) is 13.2 Å². The maximum absolute atomic E-state index is 13.5. The molecule has 8 heteroatoms. The zero-order valence-electron chi connectivity index (χ0n) is 20.1. The van der Waals surface area contributed by atoms with Crippen LogP contribution in [0, 0.1) is 13.8 Å². The Bertz CT molecular complexity index is 1490. The smallest absolute Gasteiger partial charge is 0.264 e. The summed E-state index contributed by atoms with van der Waals surface area (Å²) in [6, 6.07) is 25.2. The number of anilines is 1. The Kier molecular flexibility index (Phi) is 7.82. The number of amides is 1. The van der Waals surface area contributed by atoms with E-state index in [4.69, 9.17) is 16.3 Å². The van der Waals surface area contributed by atoms with Crippen molar-refractivity contribution in [3.63, 3.8) is 0 Å². The highest BCUT2D eigenvalue weighted by Crippen LogP contribution is 2.28. The normalized spacial score (nSPS) is 11.3. The summed E-state index contributed by atoms with van der Waals surface area (Å²) in [5.41, 5.74) is 2.06. The topological polar surface area (TPSA) is 75.7 Å². The number of carbonyl (C=O) groups is 1. The minimum atomic E-state index is -4.01. The standard InChI is InChI=1S/C28H27ClN2O4S/c1-20-7-13-26(14-8-20)36(33,34)31(24-11-9-21(2)27(29)18-24)19-28(32)30-15-16-35-25-12-10-22-5-3-4-6-23(22)17-25/h3-14,17-18H,15-16,19H2,1-2H3,(H,30,32). The maximum Gasteiger partial charge on any atom is 0.264 e. The van der Waals surface area contributed by atoms with E-state index in [0.717, 1.165) is 26.2 Å². The second-order valence-corrected chi connectivity index (χ2v) is 10.7. The van der Waals surface area contributed by atoms with Crippen LogP contribution >= 0.6 is 11.6 Å². The molecule has 0 saturated carbocycles. The third-order valence-electron chi connectivity index (χ3n) is 5.75. The molecular formula is C28H27ClN2O4S. The molecule has 0 aliphatic rings. The predicted molar refractivity (Wildman–Crippen MR) is 144 cm³/mol. The number of rotatable bonds is 9. The molecule has 186 valence electrons. The van der Waals surface area contributed by atoms with Crippen LogP contribution < -0.4 is 14.4 Å². The quantitative estimate of drug-likeness (QED) is 0.294. The highest BCUT2D eigenvalue weighted by molar-refractivity contribution is 7.92. The van der Waals surface area contributed by atoms with Crippen LogP contribution in [0.15, 0.2) is 89.8 Å². The number of nitrogens with one attached hydrogen (secondary N) is 1. The van der Waals surface area contributed by atoms with Crippen molar-refractivity contribution in [3.05, 3.63) is 101 Å². The lowest BCUT2D eigenvalue weighted by Crippen LogP contribution is -2.42. The number of nitrogens with zero attached hydrogens (tertiary/aromatic N) is 1. The van der Waals surface area contributed by atoms with E-state index in [1.165, 1.54) is 12.1 Å². The summed E-state index contributed by atoms with van der Waals surface area (Å²) in [6.07, 6.45) is 0. The lowest BCUT2D eigenvalue weighted by molar-refractivity contribution is -0.119. The van der Waals surface area contributed by atoms with Crippen molar-refractivity contribution >= 4 is 44.0 Å². The van der Waals surface area contributed by atoms with E-state index < -0.39 is 22.5 Å². The van der Waals surface area contributed by atoms with E-state index in [2.05, 4.69) is 5.32 Å². The molecule has 0 heterocycles. The number of hydrogen-bond acceptors (Lipinski definition) is 4. The molecule has 0 aliphatic carbocycles. The largest absolute Gasteiger partial charge is 0.492 e. The Hall–Kier alpha value is -3.55. The molecule has 6 nitrogen and oxygen atoms in total. The predicted octanol–water partition coefficient (Wildman–Crippen LogP) is 5.50. The molecule has 4 aromatic carbocycles. The maximum atomic E-state index is 13.5. The zero-order valence-corrected chi connectivity index (χ0v) is 21.6. The number of halogens is 1. The molecular weight excluding hydrogens is 496 g/mol. The molecule has 0 atom stereocenters. The van der Waals surface area contributed by atoms with Gasteiger partial charge in [-0.05, 0) is 66.6 Å². The molecule has 36 heavy (non-hydrogen) atoms. The molecule has 0 spiro atoms. The average molecular weight is 523 g/mol. The fourth-order valence-electron chi connectivity index (χ4n) is 3.69. The van der Waals surface area contributed by atoms with E-state index in [-0.39, 0.29) is 18.0 Å². The highest BCUT2D eigenvalue weighted by Gasteiger charge is 2.27. The van der Waals surface area contributed by atoms with Gasteiger partial charge in [-0.1, -0.05) is 65.7 Å². The van der Waals surface area contributed by atoms with Crippen molar-refractivity contribution in [2.45, 2.75) is 18.7 Å². The number of sulfonamides is 1. The summed E-state index contributed by atoms with van der Waals surface area (Å²) in [6.45, 7) is 3.77. The first-order valence-corrected chi connectivity index (χ1v) is 13.3. The van der Waals surface area contributed by atoms with Gasteiger partial charge < -0.3 is 10.1 Å². The summed E-state index contributed by atoms with van der Waals surface area (Å²) < 4.78 is 33.8. The van der Waals surface area contributed by atoms with Gasteiger partial charge in [0.2, 0.25) is 5.91 Å². The molecule has 0 unspecified atom stereocenters. The van der Waals surface area contributed by atoms with E-state index in [0.29, 0.717) is 16.5 Å². The number of hydrogen-bond donors (Lipinski definition) is 1. The third kappa shape index (κ3) is 5.98. The van der Waals surface area contributed by atoms with Gasteiger partial charge in [-0.15, -0.1) is 0 Å². The molecule has 0 saturated heterocycles. The monoisotopic (exact) mass is 522 g/mol. The van der Waals surface area contributed by atoms with Gasteiger partial charge in [0.15, 0.2) is 0 Å². The summed E-state index contributed by atoms with van der Waals surface area (Å²) in [4.78, 5) is 12.9. The van der Waals surface area contributed by atoms with Crippen molar-refractivity contribution < 1.29 is 17.9 Å². The molecule has 4 aromatic rings. The van der Waals surface area contributed by atoms with E-state index >= 15 is 0 Å². The number of benzene rings is 4. The highest BCUT2D eigenvalue weighted by atomic mass is 35.5. The fourth-order valence-corrected chi connectivity index (χ4v) is 5.28. The summed E-state index contributed by atoms with van der Waals surface area (Å²) in [5.74, 6) is 0.241. The second kappa shape index (κ2) is 11.0. The Labute approximate surface area is 216 Å². The minimum absolute atomic E-state index is 0.0947. The lowest BCUT2D eigenvalue weighted by Gasteiger charge is -2.24. The number of carbonyl (C=O) groups excluding carboxylic acids is 1. The van der Waals surface area contributed by atoms with Gasteiger partial charge in [0.25, 0.3) is 10.0 Å². The molecule has 4 rings (SSSR count). The van der Waals surface area contributed by atoms with Crippen LogP contribution in [0.3, 0.4) is 0 Å². The third-order valence-corrected chi connectivity index (χ3v) is 7.95. The Morgan fingerprint density at radius 1 is 0.917 bits per heavy atom. The minimum Gasteiger partial charge on any atom is -0.492 e. The first kappa shape index (κ1) is 25.5. The summed E-state index contributed by atoms with van der Waals surface area (Å²) in [5, 5.41) is 5.34.